The zero-order valence-electron chi connectivity index (χ0n) is 11.5. The quantitative estimate of drug-likeness (QED) is 0.766. The van der Waals surface area contributed by atoms with Crippen LogP contribution >= 0.6 is 0 Å². The molecule has 0 bridgehead atoms. The summed E-state index contributed by atoms with van der Waals surface area (Å²) in [6.07, 6.45) is -1.05. The first-order valence-electron chi connectivity index (χ1n) is 6.38. The number of carbonyl (C=O) groups is 1. The summed E-state index contributed by atoms with van der Waals surface area (Å²) in [5.41, 5.74) is 0.180. The highest BCUT2D eigenvalue weighted by Gasteiger charge is 2.15. The fraction of sp³-hybridized carbons (Fsp3) is 0.500. The molecule has 5 heteroatoms. The molecule has 0 fully saturated rings. The molecule has 1 aromatic carbocycles. The summed E-state index contributed by atoms with van der Waals surface area (Å²) in [6, 6.07) is 5.64. The third-order valence-electron chi connectivity index (χ3n) is 3.08. The smallest absolute Gasteiger partial charge is 0.315 e. The predicted molar refractivity (Wildman–Crippen MR) is 72.2 cm³/mol. The number of nitrogens with one attached hydrogen (secondary N) is 2. The summed E-state index contributed by atoms with van der Waals surface area (Å²) in [5.74, 6) is -0.157. The van der Waals surface area contributed by atoms with Crippen molar-refractivity contribution >= 4 is 6.03 Å². The molecule has 1 aromatic rings. The van der Waals surface area contributed by atoms with Gasteiger partial charge in [-0.2, -0.15) is 0 Å². The van der Waals surface area contributed by atoms with Crippen LogP contribution in [-0.4, -0.2) is 23.7 Å². The minimum atomic E-state index is -1.05. The lowest BCUT2D eigenvalue weighted by atomic mass is 10.1. The van der Waals surface area contributed by atoms with Crippen LogP contribution < -0.4 is 10.6 Å². The number of benzene rings is 1. The van der Waals surface area contributed by atoms with E-state index in [1.807, 2.05) is 20.8 Å². The summed E-state index contributed by atoms with van der Waals surface area (Å²) in [4.78, 5) is 11.6. The average Bonchev–Trinajstić information content (AvgIpc) is 2.36. The van der Waals surface area contributed by atoms with Crippen molar-refractivity contribution in [2.24, 2.45) is 5.92 Å². The Morgan fingerprint density at radius 2 is 1.95 bits per heavy atom. The van der Waals surface area contributed by atoms with E-state index in [1.54, 1.807) is 12.1 Å². The number of aliphatic hydroxyl groups is 1. The first-order valence-corrected chi connectivity index (χ1v) is 6.38. The zero-order valence-corrected chi connectivity index (χ0v) is 11.5. The van der Waals surface area contributed by atoms with E-state index >= 15 is 0 Å². The maximum absolute atomic E-state index is 13.4. The molecule has 0 aromatic heterocycles. The minimum absolute atomic E-state index is 0.0302. The molecule has 0 heterocycles. The molecular formula is C14H21FN2O2. The lowest BCUT2D eigenvalue weighted by Crippen LogP contribution is -2.44. The SMILES string of the molecule is CC(C)[C@@H](C)NC(=O)NC[C@@H](O)c1ccccc1F. The van der Waals surface area contributed by atoms with Gasteiger partial charge in [-0.05, 0) is 18.9 Å². The number of hydrogen-bond acceptors (Lipinski definition) is 2. The Labute approximate surface area is 113 Å². The summed E-state index contributed by atoms with van der Waals surface area (Å²) >= 11 is 0. The van der Waals surface area contributed by atoms with Gasteiger partial charge >= 0.3 is 6.03 Å². The number of rotatable bonds is 5. The summed E-state index contributed by atoms with van der Waals surface area (Å²) < 4.78 is 13.4. The molecule has 2 atom stereocenters. The van der Waals surface area contributed by atoms with Crippen molar-refractivity contribution in [1.29, 1.82) is 0 Å². The fourth-order valence-electron chi connectivity index (χ4n) is 1.47. The molecule has 0 radical (unpaired) electrons. The highest BCUT2D eigenvalue weighted by molar-refractivity contribution is 5.74. The third kappa shape index (κ3) is 4.87. The molecule has 0 unspecified atom stereocenters. The predicted octanol–water partition coefficient (Wildman–Crippen LogP) is 2.20. The van der Waals surface area contributed by atoms with E-state index in [0.29, 0.717) is 5.92 Å². The van der Waals surface area contributed by atoms with E-state index in [4.69, 9.17) is 0 Å². The van der Waals surface area contributed by atoms with Crippen LogP contribution in [0.2, 0.25) is 0 Å². The van der Waals surface area contributed by atoms with Gasteiger partial charge in [0, 0.05) is 18.2 Å². The van der Waals surface area contributed by atoms with Crippen molar-refractivity contribution in [1.82, 2.24) is 10.6 Å². The molecule has 0 aliphatic heterocycles. The van der Waals surface area contributed by atoms with E-state index in [1.165, 1.54) is 12.1 Å². The highest BCUT2D eigenvalue weighted by Crippen LogP contribution is 2.15. The number of urea groups is 1. The van der Waals surface area contributed by atoms with E-state index in [2.05, 4.69) is 10.6 Å². The van der Waals surface area contributed by atoms with Gasteiger partial charge in [-0.3, -0.25) is 0 Å². The molecule has 1 rings (SSSR count). The molecule has 0 spiro atoms. The van der Waals surface area contributed by atoms with Crippen molar-refractivity contribution in [3.8, 4) is 0 Å². The van der Waals surface area contributed by atoms with Crippen LogP contribution in [0.25, 0.3) is 0 Å². The van der Waals surface area contributed by atoms with Crippen molar-refractivity contribution in [2.75, 3.05) is 6.54 Å². The monoisotopic (exact) mass is 268 g/mol. The maximum Gasteiger partial charge on any atom is 0.315 e. The van der Waals surface area contributed by atoms with Crippen molar-refractivity contribution < 1.29 is 14.3 Å². The second-order valence-electron chi connectivity index (χ2n) is 4.92. The van der Waals surface area contributed by atoms with Crippen LogP contribution in [0.3, 0.4) is 0 Å². The van der Waals surface area contributed by atoms with Gasteiger partial charge in [-0.25, -0.2) is 9.18 Å². The molecule has 0 aliphatic rings. The van der Waals surface area contributed by atoms with E-state index < -0.39 is 11.9 Å². The van der Waals surface area contributed by atoms with Crippen LogP contribution in [0.15, 0.2) is 24.3 Å². The van der Waals surface area contributed by atoms with Gasteiger partial charge in [-0.1, -0.05) is 32.0 Å². The second-order valence-corrected chi connectivity index (χ2v) is 4.92. The first-order chi connectivity index (χ1) is 8.91. The van der Waals surface area contributed by atoms with Crippen molar-refractivity contribution in [2.45, 2.75) is 32.9 Å². The molecule has 2 amide bonds. The first kappa shape index (κ1) is 15.4. The lowest BCUT2D eigenvalue weighted by Gasteiger charge is -2.19. The van der Waals surface area contributed by atoms with Crippen molar-refractivity contribution in [3.05, 3.63) is 35.6 Å². The van der Waals surface area contributed by atoms with E-state index in [0.717, 1.165) is 0 Å². The van der Waals surface area contributed by atoms with Gasteiger partial charge in [0.2, 0.25) is 0 Å². The van der Waals surface area contributed by atoms with E-state index in [9.17, 15) is 14.3 Å². The van der Waals surface area contributed by atoms with Crippen LogP contribution in [0.1, 0.15) is 32.4 Å². The standard InChI is InChI=1S/C14H21FN2O2/c1-9(2)10(3)17-14(19)16-8-13(18)11-6-4-5-7-12(11)15/h4-7,9-10,13,18H,8H2,1-3H3,(H2,16,17,19)/t10-,13-/m1/s1. The number of carbonyl (C=O) groups excluding carboxylic acids is 1. The Kier molecular flexibility index (Phi) is 5.76. The van der Waals surface area contributed by atoms with Gasteiger partial charge in [0.15, 0.2) is 0 Å². The number of aliphatic hydroxyl groups excluding tert-OH is 1. The van der Waals surface area contributed by atoms with E-state index in [-0.39, 0.29) is 24.2 Å². The largest absolute Gasteiger partial charge is 0.386 e. The van der Waals surface area contributed by atoms with Gasteiger partial charge in [0.1, 0.15) is 5.82 Å². The Morgan fingerprint density at radius 1 is 1.32 bits per heavy atom. The molecular weight excluding hydrogens is 247 g/mol. The molecule has 3 N–H and O–H groups in total. The van der Waals surface area contributed by atoms with Crippen LogP contribution in [0.4, 0.5) is 9.18 Å². The molecule has 0 saturated heterocycles. The maximum atomic E-state index is 13.4. The normalized spacial score (nSPS) is 14.0. The summed E-state index contributed by atoms with van der Waals surface area (Å²) in [5, 5.41) is 15.1. The summed E-state index contributed by atoms with van der Waals surface area (Å²) in [7, 11) is 0. The molecule has 0 saturated carbocycles. The van der Waals surface area contributed by atoms with Gasteiger partial charge in [-0.15, -0.1) is 0 Å². The van der Waals surface area contributed by atoms with Crippen LogP contribution in [0, 0.1) is 11.7 Å². The van der Waals surface area contributed by atoms with Crippen LogP contribution in [-0.2, 0) is 0 Å². The Morgan fingerprint density at radius 3 is 2.53 bits per heavy atom. The van der Waals surface area contributed by atoms with Gasteiger partial charge in [0.05, 0.1) is 6.10 Å². The number of amides is 2. The Balaban J connectivity index is 2.44. The zero-order chi connectivity index (χ0) is 14.4. The molecule has 4 nitrogen and oxygen atoms in total. The lowest BCUT2D eigenvalue weighted by molar-refractivity contribution is 0.168. The van der Waals surface area contributed by atoms with Gasteiger partial charge < -0.3 is 15.7 Å². The topological polar surface area (TPSA) is 61.4 Å². The number of halogens is 1. The van der Waals surface area contributed by atoms with Crippen LogP contribution in [0.5, 0.6) is 0 Å². The third-order valence-corrected chi connectivity index (χ3v) is 3.08. The van der Waals surface area contributed by atoms with Gasteiger partial charge in [0.25, 0.3) is 0 Å². The average molecular weight is 268 g/mol. The fourth-order valence-corrected chi connectivity index (χ4v) is 1.47. The Hall–Kier alpha value is -1.62. The molecule has 19 heavy (non-hydrogen) atoms. The van der Waals surface area contributed by atoms with Crippen molar-refractivity contribution in [3.63, 3.8) is 0 Å². The molecule has 0 aliphatic carbocycles. The Bertz CT molecular complexity index is 424. The highest BCUT2D eigenvalue weighted by atomic mass is 19.1. The minimum Gasteiger partial charge on any atom is -0.386 e. The summed E-state index contributed by atoms with van der Waals surface area (Å²) in [6.45, 7) is 5.87. The number of hydrogen-bond donors (Lipinski definition) is 3. The second kappa shape index (κ2) is 7.09. The molecule has 106 valence electrons.